The summed E-state index contributed by atoms with van der Waals surface area (Å²) in [5, 5.41) is 6.52. The van der Waals surface area contributed by atoms with Gasteiger partial charge in [-0.2, -0.15) is 0 Å². The van der Waals surface area contributed by atoms with Gasteiger partial charge in [0.05, 0.1) is 19.3 Å². The summed E-state index contributed by atoms with van der Waals surface area (Å²) >= 11 is 1.49. The highest BCUT2D eigenvalue weighted by Gasteiger charge is 2.09. The fraction of sp³-hybridized carbons (Fsp3) is 0.200. The summed E-state index contributed by atoms with van der Waals surface area (Å²) in [7, 11) is 1.60. The molecule has 1 heterocycles. The fourth-order valence-electron chi connectivity index (χ4n) is 2.48. The first-order valence-corrected chi connectivity index (χ1v) is 9.12. The molecule has 0 atom stereocenters. The Labute approximate surface area is 157 Å². The number of carbonyl (C=O) groups is 1. The molecular weight excluding hydrogens is 346 g/mol. The second kappa shape index (κ2) is 8.49. The van der Waals surface area contributed by atoms with E-state index in [1.807, 2.05) is 30.5 Å². The van der Waals surface area contributed by atoms with Crippen molar-refractivity contribution in [1.82, 2.24) is 4.98 Å². The van der Waals surface area contributed by atoms with Crippen LogP contribution in [0.2, 0.25) is 0 Å². The fourth-order valence-corrected chi connectivity index (χ4v) is 3.35. The zero-order chi connectivity index (χ0) is 18.4. The molecule has 0 unspecified atom stereocenters. The Morgan fingerprint density at radius 2 is 1.92 bits per heavy atom. The average molecular weight is 367 g/mol. The number of thiazole rings is 1. The number of nitrogens with zero attached hydrogens (tertiary/aromatic N) is 1. The Kier molecular flexibility index (Phi) is 5.86. The number of rotatable bonds is 7. The van der Waals surface area contributed by atoms with Crippen LogP contribution < -0.4 is 15.4 Å². The third kappa shape index (κ3) is 4.83. The maximum Gasteiger partial charge on any atom is 0.245 e. The predicted molar refractivity (Wildman–Crippen MR) is 106 cm³/mol. The molecule has 2 aromatic carbocycles. The lowest BCUT2D eigenvalue weighted by Gasteiger charge is -2.10. The zero-order valence-corrected chi connectivity index (χ0v) is 15.6. The molecule has 26 heavy (non-hydrogen) atoms. The summed E-state index contributed by atoms with van der Waals surface area (Å²) in [4.78, 5) is 17.5. The number of methoxy groups -OCH3 is 1. The SMILES string of the molecule is COc1ccccc1NCC(=O)Nc1ncc(Cc2ccc(C)cc2)s1. The minimum atomic E-state index is -0.146. The number of hydrogen-bond donors (Lipinski definition) is 2. The molecule has 3 rings (SSSR count). The molecular formula is C20H21N3O2S. The van der Waals surface area contributed by atoms with E-state index in [1.54, 1.807) is 7.11 Å². The molecule has 0 saturated heterocycles. The van der Waals surface area contributed by atoms with Crippen LogP contribution in [0.3, 0.4) is 0 Å². The van der Waals surface area contributed by atoms with E-state index in [0.717, 1.165) is 17.0 Å². The van der Waals surface area contributed by atoms with Crippen molar-refractivity contribution in [3.05, 3.63) is 70.7 Å². The number of nitrogens with one attached hydrogen (secondary N) is 2. The lowest BCUT2D eigenvalue weighted by Crippen LogP contribution is -2.21. The molecule has 0 aliphatic heterocycles. The molecule has 0 fully saturated rings. The van der Waals surface area contributed by atoms with Crippen molar-refractivity contribution in [2.75, 3.05) is 24.3 Å². The Balaban J connectivity index is 1.53. The molecule has 0 aliphatic rings. The lowest BCUT2D eigenvalue weighted by atomic mass is 10.1. The van der Waals surface area contributed by atoms with E-state index in [4.69, 9.17) is 4.74 Å². The average Bonchev–Trinajstić information content (AvgIpc) is 3.09. The largest absolute Gasteiger partial charge is 0.495 e. The number of para-hydroxylation sites is 2. The van der Waals surface area contributed by atoms with Gasteiger partial charge in [0, 0.05) is 17.5 Å². The molecule has 1 amide bonds. The van der Waals surface area contributed by atoms with Crippen LogP contribution in [-0.2, 0) is 11.2 Å². The van der Waals surface area contributed by atoms with Crippen LogP contribution in [0.4, 0.5) is 10.8 Å². The number of anilines is 2. The normalized spacial score (nSPS) is 10.4. The molecule has 1 aromatic heterocycles. The maximum atomic E-state index is 12.1. The molecule has 6 heteroatoms. The predicted octanol–water partition coefficient (Wildman–Crippen LogP) is 4.10. The summed E-state index contributed by atoms with van der Waals surface area (Å²) in [6, 6.07) is 15.9. The molecule has 3 aromatic rings. The second-order valence-electron chi connectivity index (χ2n) is 5.90. The molecule has 0 spiro atoms. The lowest BCUT2D eigenvalue weighted by molar-refractivity contribution is -0.114. The third-order valence-electron chi connectivity index (χ3n) is 3.85. The van der Waals surface area contributed by atoms with Gasteiger partial charge in [-0.25, -0.2) is 4.98 Å². The van der Waals surface area contributed by atoms with E-state index >= 15 is 0 Å². The number of benzene rings is 2. The Bertz CT molecular complexity index is 875. The summed E-state index contributed by atoms with van der Waals surface area (Å²) in [6.07, 6.45) is 2.63. The van der Waals surface area contributed by atoms with E-state index < -0.39 is 0 Å². The van der Waals surface area contributed by atoms with Gasteiger partial charge in [0.2, 0.25) is 5.91 Å². The van der Waals surface area contributed by atoms with Gasteiger partial charge in [-0.15, -0.1) is 11.3 Å². The molecule has 0 radical (unpaired) electrons. The van der Waals surface area contributed by atoms with Crippen molar-refractivity contribution in [3.8, 4) is 5.75 Å². The van der Waals surface area contributed by atoms with Gasteiger partial charge >= 0.3 is 0 Å². The minimum Gasteiger partial charge on any atom is -0.495 e. The van der Waals surface area contributed by atoms with Crippen LogP contribution in [0, 0.1) is 6.92 Å². The monoisotopic (exact) mass is 367 g/mol. The zero-order valence-electron chi connectivity index (χ0n) is 14.8. The van der Waals surface area contributed by atoms with Gasteiger partial charge < -0.3 is 15.4 Å². The summed E-state index contributed by atoms with van der Waals surface area (Å²) in [6.45, 7) is 2.22. The van der Waals surface area contributed by atoms with Crippen LogP contribution in [0.1, 0.15) is 16.0 Å². The molecule has 0 saturated carbocycles. The number of hydrogen-bond acceptors (Lipinski definition) is 5. The van der Waals surface area contributed by atoms with Crippen molar-refractivity contribution in [3.63, 3.8) is 0 Å². The number of aryl methyl sites for hydroxylation is 1. The van der Waals surface area contributed by atoms with Gasteiger partial charge in [0.15, 0.2) is 5.13 Å². The smallest absolute Gasteiger partial charge is 0.245 e. The van der Waals surface area contributed by atoms with E-state index in [1.165, 1.54) is 22.5 Å². The molecule has 134 valence electrons. The van der Waals surface area contributed by atoms with Crippen molar-refractivity contribution in [2.24, 2.45) is 0 Å². The number of amides is 1. The van der Waals surface area contributed by atoms with Crippen LogP contribution in [-0.4, -0.2) is 24.5 Å². The van der Waals surface area contributed by atoms with Gasteiger partial charge in [0.25, 0.3) is 0 Å². The standard InChI is InChI=1S/C20H21N3O2S/c1-14-7-9-15(10-8-14)11-16-12-22-20(26-16)23-19(24)13-21-17-5-3-4-6-18(17)25-2/h3-10,12,21H,11,13H2,1-2H3,(H,22,23,24). The first-order chi connectivity index (χ1) is 12.6. The maximum absolute atomic E-state index is 12.1. The van der Waals surface area contributed by atoms with E-state index in [-0.39, 0.29) is 12.5 Å². The first-order valence-electron chi connectivity index (χ1n) is 8.31. The molecule has 5 nitrogen and oxygen atoms in total. The van der Waals surface area contributed by atoms with Gasteiger partial charge in [0.1, 0.15) is 5.75 Å². The van der Waals surface area contributed by atoms with Crippen molar-refractivity contribution < 1.29 is 9.53 Å². The number of ether oxygens (including phenoxy) is 1. The van der Waals surface area contributed by atoms with Crippen molar-refractivity contribution in [2.45, 2.75) is 13.3 Å². The van der Waals surface area contributed by atoms with Crippen LogP contribution in [0.15, 0.2) is 54.7 Å². The summed E-state index contributed by atoms with van der Waals surface area (Å²) in [5.41, 5.74) is 3.26. The van der Waals surface area contributed by atoms with E-state index in [9.17, 15) is 4.79 Å². The van der Waals surface area contributed by atoms with Crippen LogP contribution >= 0.6 is 11.3 Å². The second-order valence-corrected chi connectivity index (χ2v) is 7.01. The van der Waals surface area contributed by atoms with Gasteiger partial charge in [-0.1, -0.05) is 42.0 Å². The highest BCUT2D eigenvalue weighted by Crippen LogP contribution is 2.23. The third-order valence-corrected chi connectivity index (χ3v) is 4.76. The quantitative estimate of drug-likeness (QED) is 0.660. The topological polar surface area (TPSA) is 63.2 Å². The first kappa shape index (κ1) is 17.9. The summed E-state index contributed by atoms with van der Waals surface area (Å²) < 4.78 is 5.26. The number of aromatic nitrogens is 1. The molecule has 2 N–H and O–H groups in total. The highest BCUT2D eigenvalue weighted by molar-refractivity contribution is 7.15. The van der Waals surface area contributed by atoms with E-state index in [2.05, 4.69) is 46.8 Å². The van der Waals surface area contributed by atoms with Crippen molar-refractivity contribution >= 4 is 28.1 Å². The Morgan fingerprint density at radius 3 is 2.69 bits per heavy atom. The van der Waals surface area contributed by atoms with E-state index in [0.29, 0.717) is 10.9 Å². The Hall–Kier alpha value is -2.86. The van der Waals surface area contributed by atoms with Crippen LogP contribution in [0.25, 0.3) is 0 Å². The minimum absolute atomic E-state index is 0.146. The molecule has 0 bridgehead atoms. The number of carbonyl (C=O) groups excluding carboxylic acids is 1. The van der Waals surface area contributed by atoms with Crippen LogP contribution in [0.5, 0.6) is 5.75 Å². The molecule has 0 aliphatic carbocycles. The highest BCUT2D eigenvalue weighted by atomic mass is 32.1. The van der Waals surface area contributed by atoms with Gasteiger partial charge in [-0.3, -0.25) is 4.79 Å². The summed E-state index contributed by atoms with van der Waals surface area (Å²) in [5.74, 6) is 0.557. The van der Waals surface area contributed by atoms with Crippen molar-refractivity contribution in [1.29, 1.82) is 0 Å². The van der Waals surface area contributed by atoms with Gasteiger partial charge in [-0.05, 0) is 24.6 Å². The Morgan fingerprint density at radius 1 is 1.15 bits per heavy atom.